The summed E-state index contributed by atoms with van der Waals surface area (Å²) in [6, 6.07) is 5.70. The maximum absolute atomic E-state index is 12.4. The second-order valence-corrected chi connectivity index (χ2v) is 6.53. The van der Waals surface area contributed by atoms with E-state index < -0.39 is 0 Å². The molecule has 120 valence electrons. The van der Waals surface area contributed by atoms with Crippen molar-refractivity contribution in [2.75, 3.05) is 18.0 Å². The molecule has 1 aliphatic heterocycles. The average molecular weight is 376 g/mol. The highest BCUT2D eigenvalue weighted by atomic mass is 79.9. The number of halogens is 1. The summed E-state index contributed by atoms with van der Waals surface area (Å²) in [5.74, 6) is 1.21. The molecule has 0 saturated carbocycles. The molecule has 1 aromatic heterocycles. The molecule has 0 radical (unpaired) electrons. The van der Waals surface area contributed by atoms with Crippen molar-refractivity contribution in [3.8, 4) is 5.75 Å². The van der Waals surface area contributed by atoms with Crippen LogP contribution < -0.4 is 9.64 Å². The molecule has 5 nitrogen and oxygen atoms in total. The van der Waals surface area contributed by atoms with E-state index in [4.69, 9.17) is 4.74 Å². The number of ether oxygens (including phenoxy) is 1. The molecule has 3 rings (SSSR count). The fourth-order valence-electron chi connectivity index (χ4n) is 2.68. The second-order valence-electron chi connectivity index (χ2n) is 5.68. The van der Waals surface area contributed by atoms with Crippen LogP contribution in [-0.4, -0.2) is 29.0 Å². The number of aryl methyl sites for hydroxylation is 1. The summed E-state index contributed by atoms with van der Waals surface area (Å²) in [4.78, 5) is 22.9. The topological polar surface area (TPSA) is 55.3 Å². The summed E-state index contributed by atoms with van der Waals surface area (Å²) in [5.41, 5.74) is 1.12. The number of aromatic nitrogens is 2. The average Bonchev–Trinajstić information content (AvgIpc) is 2.58. The van der Waals surface area contributed by atoms with Gasteiger partial charge in [0.2, 0.25) is 0 Å². The highest BCUT2D eigenvalue weighted by Gasteiger charge is 2.27. The predicted molar refractivity (Wildman–Crippen MR) is 91.5 cm³/mol. The number of anilines is 1. The Hall–Kier alpha value is -1.95. The smallest absolute Gasteiger partial charge is 0.314 e. The lowest BCUT2D eigenvalue weighted by molar-refractivity contribution is -0.139. The van der Waals surface area contributed by atoms with Gasteiger partial charge in [-0.05, 0) is 53.4 Å². The van der Waals surface area contributed by atoms with Crippen LogP contribution in [0.15, 0.2) is 41.3 Å². The Morgan fingerprint density at radius 1 is 1.30 bits per heavy atom. The van der Waals surface area contributed by atoms with Crippen LogP contribution in [0.5, 0.6) is 5.75 Å². The molecule has 2 aromatic rings. The van der Waals surface area contributed by atoms with Crippen LogP contribution in [0.2, 0.25) is 0 Å². The van der Waals surface area contributed by atoms with Gasteiger partial charge in [0.1, 0.15) is 11.6 Å². The molecule has 0 aliphatic carbocycles. The molecule has 1 saturated heterocycles. The number of carbonyl (C=O) groups excluding carboxylic acids is 1. The van der Waals surface area contributed by atoms with E-state index in [1.807, 2.05) is 25.1 Å². The normalized spacial score (nSPS) is 15.5. The van der Waals surface area contributed by atoms with E-state index in [-0.39, 0.29) is 11.9 Å². The molecule has 0 unspecified atom stereocenters. The van der Waals surface area contributed by atoms with Crippen LogP contribution in [0.25, 0.3) is 0 Å². The first-order valence-electron chi connectivity index (χ1n) is 7.62. The third kappa shape index (κ3) is 3.88. The van der Waals surface area contributed by atoms with Gasteiger partial charge in [-0.25, -0.2) is 4.98 Å². The minimum Gasteiger partial charge on any atom is -0.425 e. The summed E-state index contributed by atoms with van der Waals surface area (Å²) in [6.45, 7) is 3.57. The third-order valence-corrected chi connectivity index (χ3v) is 4.62. The van der Waals surface area contributed by atoms with Crippen molar-refractivity contribution in [3.05, 3.63) is 46.8 Å². The number of hydrogen-bond donors (Lipinski definition) is 0. The zero-order valence-electron chi connectivity index (χ0n) is 12.9. The minimum atomic E-state index is -0.159. The summed E-state index contributed by atoms with van der Waals surface area (Å²) in [6.07, 6.45) is 6.62. The number of esters is 1. The standard InChI is InChI=1S/C17H18BrN3O2/c1-12-2-3-15(14(18)10-12)23-17(22)13-4-8-21(9-5-13)16-11-19-6-7-20-16/h2-3,6-7,10-11,13H,4-5,8-9H2,1H3. The van der Waals surface area contributed by atoms with Gasteiger partial charge < -0.3 is 9.64 Å². The number of hydrogen-bond acceptors (Lipinski definition) is 5. The number of rotatable bonds is 3. The predicted octanol–water partition coefficient (Wildman–Crippen LogP) is 3.37. The van der Waals surface area contributed by atoms with E-state index in [0.29, 0.717) is 5.75 Å². The lowest BCUT2D eigenvalue weighted by atomic mass is 9.97. The number of nitrogens with zero attached hydrogens (tertiary/aromatic N) is 3. The van der Waals surface area contributed by atoms with Gasteiger partial charge in [-0.15, -0.1) is 0 Å². The Bertz CT molecular complexity index is 685. The largest absolute Gasteiger partial charge is 0.425 e. The highest BCUT2D eigenvalue weighted by Crippen LogP contribution is 2.28. The molecule has 23 heavy (non-hydrogen) atoms. The molecule has 1 fully saturated rings. The van der Waals surface area contributed by atoms with Gasteiger partial charge in [0, 0.05) is 25.5 Å². The van der Waals surface area contributed by atoms with Crippen LogP contribution in [0.3, 0.4) is 0 Å². The Balaban J connectivity index is 1.58. The van der Waals surface area contributed by atoms with E-state index in [9.17, 15) is 4.79 Å². The van der Waals surface area contributed by atoms with Gasteiger partial charge in [-0.2, -0.15) is 0 Å². The number of benzene rings is 1. The molecule has 2 heterocycles. The maximum atomic E-state index is 12.4. The van der Waals surface area contributed by atoms with E-state index in [2.05, 4.69) is 30.8 Å². The molecule has 0 spiro atoms. The summed E-state index contributed by atoms with van der Waals surface area (Å²) < 4.78 is 6.36. The molecule has 0 amide bonds. The van der Waals surface area contributed by atoms with Crippen molar-refractivity contribution >= 4 is 27.7 Å². The zero-order valence-corrected chi connectivity index (χ0v) is 14.5. The van der Waals surface area contributed by atoms with E-state index in [0.717, 1.165) is 41.8 Å². The fourth-order valence-corrected chi connectivity index (χ4v) is 3.25. The number of piperidine rings is 1. The number of carbonyl (C=O) groups is 1. The van der Waals surface area contributed by atoms with E-state index in [1.54, 1.807) is 18.6 Å². The van der Waals surface area contributed by atoms with E-state index in [1.165, 1.54) is 0 Å². The molecule has 1 aliphatic rings. The van der Waals surface area contributed by atoms with Gasteiger partial charge in [0.25, 0.3) is 0 Å². The van der Waals surface area contributed by atoms with Crippen molar-refractivity contribution in [2.45, 2.75) is 19.8 Å². The molecule has 0 bridgehead atoms. The minimum absolute atomic E-state index is 0.0730. The van der Waals surface area contributed by atoms with Crippen molar-refractivity contribution in [1.82, 2.24) is 9.97 Å². The second kappa shape index (κ2) is 7.08. The summed E-state index contributed by atoms with van der Waals surface area (Å²) in [5, 5.41) is 0. The molecule has 1 aromatic carbocycles. The Morgan fingerprint density at radius 2 is 2.09 bits per heavy atom. The molecule has 6 heteroatoms. The Labute approximate surface area is 143 Å². The van der Waals surface area contributed by atoms with Crippen LogP contribution in [0.1, 0.15) is 18.4 Å². The van der Waals surface area contributed by atoms with Crippen LogP contribution in [0, 0.1) is 12.8 Å². The van der Waals surface area contributed by atoms with E-state index >= 15 is 0 Å². The molecule has 0 atom stereocenters. The first-order valence-corrected chi connectivity index (χ1v) is 8.41. The zero-order chi connectivity index (χ0) is 16.2. The third-order valence-electron chi connectivity index (χ3n) is 4.00. The molecular weight excluding hydrogens is 358 g/mol. The van der Waals surface area contributed by atoms with Crippen molar-refractivity contribution in [1.29, 1.82) is 0 Å². The Morgan fingerprint density at radius 3 is 2.74 bits per heavy atom. The molecule has 0 N–H and O–H groups in total. The fraction of sp³-hybridized carbons (Fsp3) is 0.353. The SMILES string of the molecule is Cc1ccc(OC(=O)C2CCN(c3cnccn3)CC2)c(Br)c1. The first kappa shape index (κ1) is 15.9. The monoisotopic (exact) mass is 375 g/mol. The maximum Gasteiger partial charge on any atom is 0.314 e. The highest BCUT2D eigenvalue weighted by molar-refractivity contribution is 9.10. The van der Waals surface area contributed by atoms with Crippen LogP contribution >= 0.6 is 15.9 Å². The molecular formula is C17H18BrN3O2. The summed E-state index contributed by atoms with van der Waals surface area (Å²) in [7, 11) is 0. The lowest BCUT2D eigenvalue weighted by Crippen LogP contribution is -2.38. The van der Waals surface area contributed by atoms with Crippen LogP contribution in [-0.2, 0) is 4.79 Å². The van der Waals surface area contributed by atoms with Gasteiger partial charge in [-0.1, -0.05) is 6.07 Å². The first-order chi connectivity index (χ1) is 11.1. The van der Waals surface area contributed by atoms with Crippen LogP contribution in [0.4, 0.5) is 5.82 Å². The van der Waals surface area contributed by atoms with Gasteiger partial charge >= 0.3 is 5.97 Å². The van der Waals surface area contributed by atoms with Crippen molar-refractivity contribution in [3.63, 3.8) is 0 Å². The van der Waals surface area contributed by atoms with Gasteiger partial charge in [0.15, 0.2) is 0 Å². The van der Waals surface area contributed by atoms with Gasteiger partial charge in [0.05, 0.1) is 16.6 Å². The van der Waals surface area contributed by atoms with Crippen molar-refractivity contribution in [2.24, 2.45) is 5.92 Å². The quantitative estimate of drug-likeness (QED) is 0.607. The summed E-state index contributed by atoms with van der Waals surface area (Å²) >= 11 is 3.44. The van der Waals surface area contributed by atoms with Crippen molar-refractivity contribution < 1.29 is 9.53 Å². The van der Waals surface area contributed by atoms with Gasteiger partial charge in [-0.3, -0.25) is 9.78 Å². The Kier molecular flexibility index (Phi) is 4.91. The lowest BCUT2D eigenvalue weighted by Gasteiger charge is -2.31.